The standard InChI is InChI=1S/C26H27N3O4/c1-15(2)32-20-10-11-21-22(13-24(30)33-23(21)12-20)26(31)27-25-17(4)28-29(18(25)5)14-19-8-6-16(3)7-9-19/h6-13,15H,14H2,1-5H3,(H,27,31). The number of hydrogen-bond acceptors (Lipinski definition) is 5. The van der Waals surface area contributed by atoms with Gasteiger partial charge in [-0.2, -0.15) is 5.10 Å². The summed E-state index contributed by atoms with van der Waals surface area (Å²) < 4.78 is 12.9. The second kappa shape index (κ2) is 8.94. The Labute approximate surface area is 192 Å². The van der Waals surface area contributed by atoms with E-state index in [1.807, 2.05) is 39.3 Å². The highest BCUT2D eigenvalue weighted by molar-refractivity contribution is 6.12. The summed E-state index contributed by atoms with van der Waals surface area (Å²) in [5.41, 5.74) is 4.43. The first kappa shape index (κ1) is 22.3. The molecule has 2 aromatic carbocycles. The van der Waals surface area contributed by atoms with Crippen LogP contribution in [0.2, 0.25) is 0 Å². The maximum absolute atomic E-state index is 13.2. The van der Waals surface area contributed by atoms with Crippen molar-refractivity contribution in [2.45, 2.75) is 47.3 Å². The van der Waals surface area contributed by atoms with Gasteiger partial charge < -0.3 is 14.5 Å². The highest BCUT2D eigenvalue weighted by atomic mass is 16.5. The number of fused-ring (bicyclic) bond motifs is 1. The van der Waals surface area contributed by atoms with Crippen molar-refractivity contribution in [2.75, 3.05) is 5.32 Å². The van der Waals surface area contributed by atoms with E-state index in [4.69, 9.17) is 9.15 Å². The molecule has 0 unspecified atom stereocenters. The van der Waals surface area contributed by atoms with Gasteiger partial charge >= 0.3 is 5.63 Å². The third-order valence-electron chi connectivity index (χ3n) is 5.41. The molecule has 0 radical (unpaired) electrons. The van der Waals surface area contributed by atoms with Gasteiger partial charge in [0.15, 0.2) is 0 Å². The molecule has 7 nitrogen and oxygen atoms in total. The van der Waals surface area contributed by atoms with Crippen LogP contribution < -0.4 is 15.7 Å². The minimum absolute atomic E-state index is 0.0250. The Morgan fingerprint density at radius 1 is 1.09 bits per heavy atom. The highest BCUT2D eigenvalue weighted by Crippen LogP contribution is 2.26. The normalized spacial score (nSPS) is 11.2. The average molecular weight is 446 g/mol. The SMILES string of the molecule is Cc1ccc(Cn2nc(C)c(NC(=O)c3cc(=O)oc4cc(OC(C)C)ccc34)c2C)cc1. The smallest absolute Gasteiger partial charge is 0.337 e. The summed E-state index contributed by atoms with van der Waals surface area (Å²) in [6.07, 6.45) is -0.0250. The summed E-state index contributed by atoms with van der Waals surface area (Å²) in [5.74, 6) is 0.175. The number of aryl methyl sites for hydroxylation is 2. The predicted octanol–water partition coefficient (Wildman–Crippen LogP) is 5.00. The number of benzene rings is 2. The Balaban J connectivity index is 1.64. The number of hydrogen-bond donors (Lipinski definition) is 1. The average Bonchev–Trinajstić information content (AvgIpc) is 3.01. The molecular formula is C26H27N3O4. The fraction of sp³-hybridized carbons (Fsp3) is 0.269. The van der Waals surface area contributed by atoms with Crippen LogP contribution in [0.25, 0.3) is 11.0 Å². The minimum atomic E-state index is -0.599. The summed E-state index contributed by atoms with van der Waals surface area (Å²) in [6, 6.07) is 14.6. The molecule has 0 aliphatic heterocycles. The molecule has 1 N–H and O–H groups in total. The first-order valence-electron chi connectivity index (χ1n) is 10.9. The molecule has 0 aliphatic carbocycles. The molecule has 1 amide bonds. The molecule has 7 heteroatoms. The number of rotatable bonds is 6. The van der Waals surface area contributed by atoms with Crippen LogP contribution in [0, 0.1) is 20.8 Å². The van der Waals surface area contributed by atoms with Gasteiger partial charge in [-0.25, -0.2) is 4.79 Å². The van der Waals surface area contributed by atoms with Crippen LogP contribution in [0.5, 0.6) is 5.75 Å². The zero-order valence-electron chi connectivity index (χ0n) is 19.4. The van der Waals surface area contributed by atoms with Crippen LogP contribution in [-0.2, 0) is 6.54 Å². The quantitative estimate of drug-likeness (QED) is 0.422. The fourth-order valence-electron chi connectivity index (χ4n) is 3.76. The summed E-state index contributed by atoms with van der Waals surface area (Å²) in [5, 5.41) is 8.07. The van der Waals surface area contributed by atoms with Gasteiger partial charge in [0.1, 0.15) is 11.3 Å². The molecule has 0 fully saturated rings. The van der Waals surface area contributed by atoms with E-state index in [1.54, 1.807) is 18.2 Å². The lowest BCUT2D eigenvalue weighted by molar-refractivity contribution is 0.102. The number of aromatic nitrogens is 2. The maximum atomic E-state index is 13.2. The third kappa shape index (κ3) is 4.82. The van der Waals surface area contributed by atoms with Crippen LogP contribution in [0.4, 0.5) is 5.69 Å². The van der Waals surface area contributed by atoms with Crippen molar-refractivity contribution in [1.29, 1.82) is 0 Å². The Hall–Kier alpha value is -3.87. The number of nitrogens with zero attached hydrogens (tertiary/aromatic N) is 2. The van der Waals surface area contributed by atoms with Crippen LogP contribution >= 0.6 is 0 Å². The van der Waals surface area contributed by atoms with Crippen molar-refractivity contribution in [1.82, 2.24) is 9.78 Å². The van der Waals surface area contributed by atoms with Crippen molar-refractivity contribution in [3.8, 4) is 5.75 Å². The highest BCUT2D eigenvalue weighted by Gasteiger charge is 2.19. The van der Waals surface area contributed by atoms with Crippen molar-refractivity contribution >= 4 is 22.6 Å². The predicted molar refractivity (Wildman–Crippen MR) is 128 cm³/mol. The Kier molecular flexibility index (Phi) is 6.05. The van der Waals surface area contributed by atoms with Crippen LogP contribution in [0.3, 0.4) is 0 Å². The van der Waals surface area contributed by atoms with E-state index in [9.17, 15) is 9.59 Å². The van der Waals surface area contributed by atoms with Crippen LogP contribution in [0.15, 0.2) is 57.7 Å². The van der Waals surface area contributed by atoms with Gasteiger partial charge in [-0.15, -0.1) is 0 Å². The third-order valence-corrected chi connectivity index (χ3v) is 5.41. The van der Waals surface area contributed by atoms with Gasteiger partial charge in [0.25, 0.3) is 5.91 Å². The molecule has 0 spiro atoms. The molecule has 0 aliphatic rings. The molecule has 4 rings (SSSR count). The maximum Gasteiger partial charge on any atom is 0.337 e. The van der Waals surface area contributed by atoms with Gasteiger partial charge in [0, 0.05) is 17.5 Å². The van der Waals surface area contributed by atoms with Crippen molar-refractivity contribution < 1.29 is 13.9 Å². The molecule has 33 heavy (non-hydrogen) atoms. The fourth-order valence-corrected chi connectivity index (χ4v) is 3.76. The Morgan fingerprint density at radius 2 is 1.82 bits per heavy atom. The van der Waals surface area contributed by atoms with E-state index in [0.29, 0.717) is 34.6 Å². The van der Waals surface area contributed by atoms with Gasteiger partial charge in [-0.05, 0) is 52.3 Å². The number of carbonyl (C=O) groups is 1. The molecule has 2 heterocycles. The van der Waals surface area contributed by atoms with Crippen molar-refractivity contribution in [2.24, 2.45) is 0 Å². The zero-order valence-corrected chi connectivity index (χ0v) is 19.4. The van der Waals surface area contributed by atoms with Gasteiger partial charge in [0.05, 0.1) is 35.3 Å². The first-order valence-corrected chi connectivity index (χ1v) is 10.9. The van der Waals surface area contributed by atoms with E-state index in [1.165, 1.54) is 11.6 Å². The number of amides is 1. The molecule has 0 saturated heterocycles. The summed E-state index contributed by atoms with van der Waals surface area (Å²) >= 11 is 0. The van der Waals surface area contributed by atoms with E-state index in [2.05, 4.69) is 34.7 Å². The Morgan fingerprint density at radius 3 is 2.52 bits per heavy atom. The molecule has 2 aromatic heterocycles. The zero-order chi connectivity index (χ0) is 23.7. The lowest BCUT2D eigenvalue weighted by Gasteiger charge is -2.11. The topological polar surface area (TPSA) is 86.4 Å². The van der Waals surface area contributed by atoms with E-state index < -0.39 is 11.5 Å². The lowest BCUT2D eigenvalue weighted by atomic mass is 10.1. The summed E-state index contributed by atoms with van der Waals surface area (Å²) in [6.45, 7) is 10.2. The molecule has 0 saturated carbocycles. The van der Waals surface area contributed by atoms with E-state index in [-0.39, 0.29) is 11.7 Å². The van der Waals surface area contributed by atoms with Crippen molar-refractivity contribution in [3.63, 3.8) is 0 Å². The van der Waals surface area contributed by atoms with Crippen molar-refractivity contribution in [3.05, 3.63) is 87.0 Å². The lowest BCUT2D eigenvalue weighted by Crippen LogP contribution is -2.16. The monoisotopic (exact) mass is 445 g/mol. The van der Waals surface area contributed by atoms with Crippen LogP contribution in [-0.4, -0.2) is 21.8 Å². The second-order valence-corrected chi connectivity index (χ2v) is 8.45. The van der Waals surface area contributed by atoms with E-state index >= 15 is 0 Å². The molecule has 0 atom stereocenters. The van der Waals surface area contributed by atoms with Gasteiger partial charge in [0.2, 0.25) is 0 Å². The van der Waals surface area contributed by atoms with Gasteiger partial charge in [-0.3, -0.25) is 9.48 Å². The van der Waals surface area contributed by atoms with E-state index in [0.717, 1.165) is 11.3 Å². The molecular weight excluding hydrogens is 418 g/mol. The summed E-state index contributed by atoms with van der Waals surface area (Å²) in [7, 11) is 0. The minimum Gasteiger partial charge on any atom is -0.491 e. The molecule has 0 bridgehead atoms. The molecule has 4 aromatic rings. The number of anilines is 1. The largest absolute Gasteiger partial charge is 0.491 e. The first-order chi connectivity index (χ1) is 15.7. The second-order valence-electron chi connectivity index (χ2n) is 8.45. The van der Waals surface area contributed by atoms with Gasteiger partial charge in [-0.1, -0.05) is 29.8 Å². The number of carbonyl (C=O) groups excluding carboxylic acids is 1. The molecule has 170 valence electrons. The number of ether oxygens (including phenoxy) is 1. The number of nitrogens with one attached hydrogen (secondary N) is 1. The Bertz CT molecular complexity index is 1380. The summed E-state index contributed by atoms with van der Waals surface area (Å²) in [4.78, 5) is 25.3. The van der Waals surface area contributed by atoms with Crippen LogP contribution in [0.1, 0.15) is 46.7 Å².